The van der Waals surface area contributed by atoms with E-state index in [-0.39, 0.29) is 36.8 Å². The number of esters is 1. The number of unbranched alkanes of at least 4 members (excludes halogenated alkanes) is 2. The molecule has 3 fully saturated rings. The van der Waals surface area contributed by atoms with Gasteiger partial charge in [0.1, 0.15) is 30.5 Å². The second kappa shape index (κ2) is 12.1. The van der Waals surface area contributed by atoms with E-state index in [4.69, 9.17) is 37.9 Å². The van der Waals surface area contributed by atoms with Crippen LogP contribution >= 0.6 is 0 Å². The maximum atomic E-state index is 11.9. The fourth-order valence-corrected chi connectivity index (χ4v) is 4.35. The molecule has 10 atom stereocenters. The molecule has 32 heavy (non-hydrogen) atoms. The molecule has 1 unspecified atom stereocenters. The highest BCUT2D eigenvalue weighted by atomic mass is 16.8. The Morgan fingerprint density at radius 3 is 2.03 bits per heavy atom. The molecule has 0 aliphatic carbocycles. The molecule has 0 bridgehead atoms. The van der Waals surface area contributed by atoms with Crippen LogP contribution in [0.1, 0.15) is 60.3 Å². The maximum Gasteiger partial charge on any atom is 0.303 e. The summed E-state index contributed by atoms with van der Waals surface area (Å²) >= 11 is 0. The van der Waals surface area contributed by atoms with E-state index < -0.39 is 30.6 Å². The predicted octanol–water partition coefficient (Wildman–Crippen LogP) is 2.58. The van der Waals surface area contributed by atoms with Gasteiger partial charge in [-0.1, -0.05) is 26.7 Å². The van der Waals surface area contributed by atoms with Gasteiger partial charge in [0.15, 0.2) is 18.7 Å². The Morgan fingerprint density at radius 2 is 1.41 bits per heavy atom. The minimum absolute atomic E-state index is 0.151. The molecule has 0 saturated carbocycles. The van der Waals surface area contributed by atoms with Crippen LogP contribution in [0.25, 0.3) is 0 Å². The van der Waals surface area contributed by atoms with Crippen LogP contribution < -0.4 is 0 Å². The first-order valence-electron chi connectivity index (χ1n) is 12.0. The maximum absolute atomic E-state index is 11.9. The Kier molecular flexibility index (Phi) is 9.72. The van der Waals surface area contributed by atoms with E-state index in [9.17, 15) is 4.79 Å². The summed E-state index contributed by atoms with van der Waals surface area (Å²) in [4.78, 5) is 11.9. The minimum Gasteiger partial charge on any atom is -0.454 e. The zero-order valence-electron chi connectivity index (χ0n) is 20.2. The first-order valence-corrected chi connectivity index (χ1v) is 12.0. The molecule has 0 aromatic rings. The third-order valence-electron chi connectivity index (χ3n) is 6.15. The Balaban J connectivity index is 1.69. The van der Waals surface area contributed by atoms with Crippen molar-refractivity contribution in [2.45, 2.75) is 122 Å². The van der Waals surface area contributed by atoms with Crippen molar-refractivity contribution in [1.82, 2.24) is 0 Å². The van der Waals surface area contributed by atoms with Gasteiger partial charge >= 0.3 is 5.97 Å². The molecule has 3 aliphatic heterocycles. The predicted molar refractivity (Wildman–Crippen MR) is 114 cm³/mol. The average molecular weight is 461 g/mol. The first-order chi connectivity index (χ1) is 15.4. The SMILES string of the molecule is CCCCO[C@H]1O[C@H](C)[C@@H](O[C@@H]2O[C@H](C)[C@@H](OC)[C@H](OCCCC)[C@H]2OC(C)=O)[C@H]2OC12. The number of carbonyl (C=O) groups excluding carboxylic acids is 1. The van der Waals surface area contributed by atoms with Gasteiger partial charge in [-0.05, 0) is 26.7 Å². The van der Waals surface area contributed by atoms with Gasteiger partial charge in [-0.2, -0.15) is 0 Å². The fraction of sp³-hybridized carbons (Fsp3) is 0.957. The monoisotopic (exact) mass is 460 g/mol. The van der Waals surface area contributed by atoms with Gasteiger partial charge in [0.05, 0.1) is 12.2 Å². The fourth-order valence-electron chi connectivity index (χ4n) is 4.35. The molecular weight excluding hydrogens is 420 g/mol. The first kappa shape index (κ1) is 25.8. The second-order valence-electron chi connectivity index (χ2n) is 8.77. The van der Waals surface area contributed by atoms with Crippen LogP contribution in [-0.2, 0) is 42.7 Å². The summed E-state index contributed by atoms with van der Waals surface area (Å²) in [6, 6.07) is 0. The van der Waals surface area contributed by atoms with Gasteiger partial charge in [-0.25, -0.2) is 0 Å². The van der Waals surface area contributed by atoms with Crippen LogP contribution in [-0.4, -0.2) is 87.7 Å². The third-order valence-corrected chi connectivity index (χ3v) is 6.15. The topological polar surface area (TPSA) is 94.2 Å². The van der Waals surface area contributed by atoms with Crippen molar-refractivity contribution in [2.24, 2.45) is 0 Å². The summed E-state index contributed by atoms with van der Waals surface area (Å²) < 4.78 is 47.6. The van der Waals surface area contributed by atoms with Crippen LogP contribution in [0.3, 0.4) is 0 Å². The van der Waals surface area contributed by atoms with Gasteiger partial charge in [0.25, 0.3) is 0 Å². The van der Waals surface area contributed by atoms with Crippen molar-refractivity contribution in [1.29, 1.82) is 0 Å². The lowest BCUT2D eigenvalue weighted by atomic mass is 9.98. The van der Waals surface area contributed by atoms with Crippen LogP contribution in [0.2, 0.25) is 0 Å². The van der Waals surface area contributed by atoms with E-state index in [1.807, 2.05) is 13.8 Å². The average Bonchev–Trinajstić information content (AvgIpc) is 3.54. The Hall–Kier alpha value is -0.810. The second-order valence-corrected chi connectivity index (χ2v) is 8.77. The van der Waals surface area contributed by atoms with Crippen molar-refractivity contribution in [2.75, 3.05) is 20.3 Å². The highest BCUT2D eigenvalue weighted by Gasteiger charge is 2.60. The van der Waals surface area contributed by atoms with Crippen LogP contribution in [0, 0.1) is 0 Å². The van der Waals surface area contributed by atoms with Gasteiger partial charge in [-0.15, -0.1) is 0 Å². The summed E-state index contributed by atoms with van der Waals surface area (Å²) in [5, 5.41) is 0. The molecule has 9 heteroatoms. The van der Waals surface area contributed by atoms with Gasteiger partial charge < -0.3 is 37.9 Å². The lowest BCUT2D eigenvalue weighted by Crippen LogP contribution is -2.62. The third kappa shape index (κ3) is 6.20. The van der Waals surface area contributed by atoms with Crippen LogP contribution in [0.4, 0.5) is 0 Å². The lowest BCUT2D eigenvalue weighted by molar-refractivity contribution is -0.329. The Morgan fingerprint density at radius 1 is 0.781 bits per heavy atom. The van der Waals surface area contributed by atoms with Crippen molar-refractivity contribution in [3.8, 4) is 0 Å². The van der Waals surface area contributed by atoms with E-state index in [0.717, 1.165) is 25.7 Å². The lowest BCUT2D eigenvalue weighted by Gasteiger charge is -2.45. The summed E-state index contributed by atoms with van der Waals surface area (Å²) in [6.45, 7) is 10.6. The molecule has 9 nitrogen and oxygen atoms in total. The highest BCUT2D eigenvalue weighted by molar-refractivity contribution is 5.66. The van der Waals surface area contributed by atoms with Crippen LogP contribution in [0.15, 0.2) is 0 Å². The van der Waals surface area contributed by atoms with Crippen molar-refractivity contribution < 1.29 is 42.7 Å². The zero-order valence-corrected chi connectivity index (χ0v) is 20.2. The Bertz CT molecular complexity index is 586. The number of methoxy groups -OCH3 is 1. The summed E-state index contributed by atoms with van der Waals surface area (Å²) in [5.74, 6) is -0.432. The summed E-state index contributed by atoms with van der Waals surface area (Å²) in [6.07, 6.45) is -0.251. The summed E-state index contributed by atoms with van der Waals surface area (Å²) in [7, 11) is 1.60. The number of hydrogen-bond acceptors (Lipinski definition) is 9. The molecule has 0 N–H and O–H groups in total. The quantitative estimate of drug-likeness (QED) is 0.247. The minimum atomic E-state index is -0.828. The Labute approximate surface area is 191 Å². The number of carbonyl (C=O) groups is 1. The van der Waals surface area contributed by atoms with Crippen molar-refractivity contribution in [3.05, 3.63) is 0 Å². The number of hydrogen-bond donors (Lipinski definition) is 0. The molecule has 3 rings (SSSR count). The molecule has 3 aliphatic rings. The van der Waals surface area contributed by atoms with Gasteiger partial charge in [0.2, 0.25) is 0 Å². The molecule has 0 radical (unpaired) electrons. The molecule has 3 heterocycles. The largest absolute Gasteiger partial charge is 0.454 e. The molecule has 0 spiro atoms. The molecule has 0 aromatic heterocycles. The number of rotatable bonds is 12. The van der Waals surface area contributed by atoms with Gasteiger partial charge in [0, 0.05) is 27.2 Å². The smallest absolute Gasteiger partial charge is 0.303 e. The molecular formula is C23H40O9. The standard InChI is InChI=1S/C23H40O9/c1-7-9-11-26-18-16(25-6)13(3)29-23(20(18)30-15(5)24)32-17-14(4)28-22(21-19(17)31-21)27-12-10-8-2/h13-14,16-23H,7-12H2,1-6H3/t13-,14-,16-,17-,18+,19-,20-,21?,22+,23+/m1/s1. The van der Waals surface area contributed by atoms with E-state index >= 15 is 0 Å². The van der Waals surface area contributed by atoms with E-state index in [2.05, 4.69) is 13.8 Å². The number of ether oxygens (including phenoxy) is 8. The molecule has 3 saturated heterocycles. The van der Waals surface area contributed by atoms with Gasteiger partial charge in [-0.3, -0.25) is 4.79 Å². The summed E-state index contributed by atoms with van der Waals surface area (Å²) in [5.41, 5.74) is 0. The number of epoxide rings is 1. The molecule has 0 aromatic carbocycles. The highest BCUT2D eigenvalue weighted by Crippen LogP contribution is 2.41. The molecule has 186 valence electrons. The van der Waals surface area contributed by atoms with Crippen LogP contribution in [0.5, 0.6) is 0 Å². The zero-order chi connectivity index (χ0) is 23.3. The van der Waals surface area contributed by atoms with E-state index in [0.29, 0.717) is 13.2 Å². The van der Waals surface area contributed by atoms with E-state index in [1.165, 1.54) is 6.92 Å². The normalized spacial score (nSPS) is 41.2. The number of fused-ring (bicyclic) bond motifs is 1. The molecule has 0 amide bonds. The van der Waals surface area contributed by atoms with Crippen molar-refractivity contribution >= 4 is 5.97 Å². The van der Waals surface area contributed by atoms with Crippen molar-refractivity contribution in [3.63, 3.8) is 0 Å². The van der Waals surface area contributed by atoms with E-state index in [1.54, 1.807) is 7.11 Å².